The molecular weight excluding hydrogens is 312 g/mol. The third-order valence-electron chi connectivity index (χ3n) is 5.11. The standard InChI is InChI=1S/C22H20O3/c1-24-22(25-2)19-14-8-6-12-17(19)21(23,16-10-4-3-5-11-16)18-13-7-9-15-20(18)22/h3-15,23H,1-2H3. The van der Waals surface area contributed by atoms with Gasteiger partial charge in [0.2, 0.25) is 5.79 Å². The monoisotopic (exact) mass is 332 g/mol. The second-order valence-electron chi connectivity index (χ2n) is 6.19. The highest BCUT2D eigenvalue weighted by Crippen LogP contribution is 2.51. The van der Waals surface area contributed by atoms with E-state index in [2.05, 4.69) is 0 Å². The van der Waals surface area contributed by atoms with E-state index < -0.39 is 11.4 Å². The van der Waals surface area contributed by atoms with E-state index in [1.165, 1.54) is 0 Å². The van der Waals surface area contributed by atoms with Crippen LogP contribution in [-0.2, 0) is 20.9 Å². The first-order valence-corrected chi connectivity index (χ1v) is 8.26. The number of methoxy groups -OCH3 is 2. The Kier molecular flexibility index (Phi) is 3.73. The second kappa shape index (κ2) is 5.81. The molecule has 3 aromatic rings. The van der Waals surface area contributed by atoms with Crippen molar-refractivity contribution < 1.29 is 14.6 Å². The minimum Gasteiger partial charge on any atom is -0.376 e. The SMILES string of the molecule is COC1(OC)c2ccccc2C(O)(c2ccccc2)c2ccccc21. The second-order valence-corrected chi connectivity index (χ2v) is 6.19. The first kappa shape index (κ1) is 16.0. The van der Waals surface area contributed by atoms with Crippen molar-refractivity contribution in [1.29, 1.82) is 0 Å². The molecule has 1 aliphatic rings. The summed E-state index contributed by atoms with van der Waals surface area (Å²) >= 11 is 0. The first-order valence-electron chi connectivity index (χ1n) is 8.26. The van der Waals surface area contributed by atoms with Crippen molar-refractivity contribution in [3.05, 3.63) is 107 Å². The summed E-state index contributed by atoms with van der Waals surface area (Å²) in [5, 5.41) is 12.0. The topological polar surface area (TPSA) is 38.7 Å². The molecule has 0 amide bonds. The molecular formula is C22H20O3. The van der Waals surface area contributed by atoms with Gasteiger partial charge in [0.15, 0.2) is 0 Å². The molecule has 3 nitrogen and oxygen atoms in total. The molecule has 0 fully saturated rings. The predicted octanol–water partition coefficient (Wildman–Crippen LogP) is 3.78. The van der Waals surface area contributed by atoms with Gasteiger partial charge in [-0.3, -0.25) is 0 Å². The van der Waals surface area contributed by atoms with E-state index in [9.17, 15) is 5.11 Å². The van der Waals surface area contributed by atoms with Crippen molar-refractivity contribution in [2.45, 2.75) is 11.4 Å². The summed E-state index contributed by atoms with van der Waals surface area (Å²) in [6.45, 7) is 0. The Balaban J connectivity index is 2.14. The number of fused-ring (bicyclic) bond motifs is 2. The minimum absolute atomic E-state index is 0.767. The predicted molar refractivity (Wildman–Crippen MR) is 96.2 cm³/mol. The maximum absolute atomic E-state index is 12.0. The lowest BCUT2D eigenvalue weighted by Gasteiger charge is -2.45. The third kappa shape index (κ3) is 2.04. The van der Waals surface area contributed by atoms with Gasteiger partial charge in [-0.25, -0.2) is 0 Å². The Morgan fingerprint density at radius 2 is 1.00 bits per heavy atom. The van der Waals surface area contributed by atoms with Crippen LogP contribution in [0.5, 0.6) is 0 Å². The van der Waals surface area contributed by atoms with E-state index in [-0.39, 0.29) is 0 Å². The van der Waals surface area contributed by atoms with Crippen molar-refractivity contribution in [2.75, 3.05) is 14.2 Å². The van der Waals surface area contributed by atoms with Crippen LogP contribution in [0.4, 0.5) is 0 Å². The lowest BCUT2D eigenvalue weighted by molar-refractivity contribution is -0.189. The third-order valence-corrected chi connectivity index (χ3v) is 5.11. The summed E-state index contributed by atoms with van der Waals surface area (Å²) in [6, 6.07) is 25.2. The van der Waals surface area contributed by atoms with Gasteiger partial charge < -0.3 is 14.6 Å². The van der Waals surface area contributed by atoms with Crippen molar-refractivity contribution in [3.8, 4) is 0 Å². The fourth-order valence-electron chi connectivity index (χ4n) is 3.97. The van der Waals surface area contributed by atoms with Gasteiger partial charge in [-0.1, -0.05) is 78.9 Å². The van der Waals surface area contributed by atoms with Crippen LogP contribution in [0, 0.1) is 0 Å². The zero-order valence-corrected chi connectivity index (χ0v) is 14.3. The molecule has 25 heavy (non-hydrogen) atoms. The lowest BCUT2D eigenvalue weighted by atomic mass is 9.69. The molecule has 1 aliphatic carbocycles. The van der Waals surface area contributed by atoms with Gasteiger partial charge in [0.05, 0.1) is 0 Å². The first-order chi connectivity index (χ1) is 12.2. The highest BCUT2D eigenvalue weighted by atomic mass is 16.7. The molecule has 4 rings (SSSR count). The molecule has 0 unspecified atom stereocenters. The number of hydrogen-bond acceptors (Lipinski definition) is 3. The average Bonchev–Trinajstić information content (AvgIpc) is 2.70. The maximum atomic E-state index is 12.0. The molecule has 126 valence electrons. The maximum Gasteiger partial charge on any atom is 0.222 e. The van der Waals surface area contributed by atoms with E-state index in [1.807, 2.05) is 78.9 Å². The summed E-state index contributed by atoms with van der Waals surface area (Å²) in [7, 11) is 3.26. The Hall–Kier alpha value is -2.46. The molecule has 0 bridgehead atoms. The van der Waals surface area contributed by atoms with Gasteiger partial charge in [0.1, 0.15) is 5.60 Å². The number of aliphatic hydroxyl groups is 1. The Bertz CT molecular complexity index is 848. The van der Waals surface area contributed by atoms with Crippen molar-refractivity contribution in [3.63, 3.8) is 0 Å². The van der Waals surface area contributed by atoms with Gasteiger partial charge in [-0.05, 0) is 5.56 Å². The molecule has 0 heterocycles. The number of benzene rings is 3. The molecule has 0 atom stereocenters. The normalized spacial score (nSPS) is 16.8. The summed E-state index contributed by atoms with van der Waals surface area (Å²) in [4.78, 5) is 0. The highest BCUT2D eigenvalue weighted by Gasteiger charge is 2.51. The summed E-state index contributed by atoms with van der Waals surface area (Å²) in [5.74, 6) is -1.05. The minimum atomic E-state index is -1.27. The molecule has 0 radical (unpaired) electrons. The largest absolute Gasteiger partial charge is 0.376 e. The van der Waals surface area contributed by atoms with Crippen molar-refractivity contribution in [2.24, 2.45) is 0 Å². The average molecular weight is 332 g/mol. The fraction of sp³-hybridized carbons (Fsp3) is 0.182. The van der Waals surface area contributed by atoms with E-state index >= 15 is 0 Å². The zero-order chi connectivity index (χ0) is 17.5. The van der Waals surface area contributed by atoms with Crippen LogP contribution in [-0.4, -0.2) is 19.3 Å². The van der Waals surface area contributed by atoms with Crippen molar-refractivity contribution in [1.82, 2.24) is 0 Å². The molecule has 0 spiro atoms. The number of ether oxygens (including phenoxy) is 2. The molecule has 3 aromatic carbocycles. The van der Waals surface area contributed by atoms with Crippen LogP contribution in [0.15, 0.2) is 78.9 Å². The van der Waals surface area contributed by atoms with E-state index in [0.29, 0.717) is 0 Å². The lowest BCUT2D eigenvalue weighted by Crippen LogP contribution is -2.45. The van der Waals surface area contributed by atoms with Crippen LogP contribution < -0.4 is 0 Å². The molecule has 3 heteroatoms. The fourth-order valence-corrected chi connectivity index (χ4v) is 3.97. The van der Waals surface area contributed by atoms with Crippen LogP contribution in [0.2, 0.25) is 0 Å². The van der Waals surface area contributed by atoms with Crippen molar-refractivity contribution >= 4 is 0 Å². The molecule has 0 saturated heterocycles. The smallest absolute Gasteiger partial charge is 0.222 e. The highest BCUT2D eigenvalue weighted by molar-refractivity contribution is 5.60. The quantitative estimate of drug-likeness (QED) is 0.742. The van der Waals surface area contributed by atoms with Crippen LogP contribution in [0.3, 0.4) is 0 Å². The Morgan fingerprint density at radius 1 is 0.600 bits per heavy atom. The van der Waals surface area contributed by atoms with Gasteiger partial charge >= 0.3 is 0 Å². The molecule has 0 saturated carbocycles. The van der Waals surface area contributed by atoms with Crippen LogP contribution in [0.25, 0.3) is 0 Å². The van der Waals surface area contributed by atoms with Crippen LogP contribution in [0.1, 0.15) is 27.8 Å². The number of hydrogen-bond donors (Lipinski definition) is 1. The van der Waals surface area contributed by atoms with Gasteiger partial charge in [0.25, 0.3) is 0 Å². The molecule has 1 N–H and O–H groups in total. The van der Waals surface area contributed by atoms with Gasteiger partial charge in [-0.15, -0.1) is 0 Å². The summed E-state index contributed by atoms with van der Waals surface area (Å²) < 4.78 is 11.8. The summed E-state index contributed by atoms with van der Waals surface area (Å²) in [5.41, 5.74) is 2.70. The van der Waals surface area contributed by atoms with E-state index in [1.54, 1.807) is 14.2 Å². The summed E-state index contributed by atoms with van der Waals surface area (Å²) in [6.07, 6.45) is 0. The number of rotatable bonds is 3. The Morgan fingerprint density at radius 3 is 1.44 bits per heavy atom. The molecule has 0 aromatic heterocycles. The van der Waals surface area contributed by atoms with Gasteiger partial charge in [-0.2, -0.15) is 0 Å². The van der Waals surface area contributed by atoms with E-state index in [4.69, 9.17) is 9.47 Å². The van der Waals surface area contributed by atoms with E-state index in [0.717, 1.165) is 27.8 Å². The molecule has 0 aliphatic heterocycles. The Labute approximate surface area is 147 Å². The van der Waals surface area contributed by atoms with Gasteiger partial charge in [0, 0.05) is 36.5 Å². The van der Waals surface area contributed by atoms with Crippen LogP contribution >= 0.6 is 0 Å². The zero-order valence-electron chi connectivity index (χ0n) is 14.3.